The first kappa shape index (κ1) is 98.8. The predicted molar refractivity (Wildman–Crippen MR) is 409 cm³/mol. The fourth-order valence-corrected chi connectivity index (χ4v) is 12.0. The number of esters is 1. The zero-order valence-corrected chi connectivity index (χ0v) is 68.2. The number of allylic oxidation sites excluding steroid dienone is 1. The van der Waals surface area contributed by atoms with Crippen molar-refractivity contribution in [2.45, 2.75) is 287 Å². The summed E-state index contributed by atoms with van der Waals surface area (Å²) in [5.74, 6) is -18.0. The Hall–Kier alpha value is -9.28. The van der Waals surface area contributed by atoms with Gasteiger partial charge in [-0.3, -0.25) is 62.3 Å². The number of ether oxygens (including phenoxy) is 1. The number of rotatable bonds is 33. The summed E-state index contributed by atoms with van der Waals surface area (Å²) in [5, 5.41) is 50.3. The highest BCUT2D eigenvalue weighted by atomic mass is 19.4. The summed E-state index contributed by atoms with van der Waals surface area (Å²) < 4.78 is 37.7. The van der Waals surface area contributed by atoms with E-state index in [2.05, 4.69) is 63.8 Å². The molecule has 2 fully saturated rings. The third kappa shape index (κ3) is 31.0. The van der Waals surface area contributed by atoms with E-state index in [0.717, 1.165) is 6.42 Å². The molecule has 1 unspecified atom stereocenters. The molecule has 0 spiro atoms. The van der Waals surface area contributed by atoms with Crippen molar-refractivity contribution in [3.8, 4) is 0 Å². The van der Waals surface area contributed by atoms with Gasteiger partial charge in [0.1, 0.15) is 84.3 Å². The second-order valence-electron chi connectivity index (χ2n) is 30.8. The lowest BCUT2D eigenvalue weighted by Gasteiger charge is -2.33. The van der Waals surface area contributed by atoms with Crippen molar-refractivity contribution in [2.75, 3.05) is 13.1 Å². The van der Waals surface area contributed by atoms with Gasteiger partial charge in [-0.1, -0.05) is 166 Å². The van der Waals surface area contributed by atoms with Gasteiger partial charge in [0.05, 0.1) is 6.10 Å². The maximum atomic E-state index is 15.0. The van der Waals surface area contributed by atoms with Crippen molar-refractivity contribution >= 4 is 88.7 Å². The average molecular weight is 1590 g/mol. The summed E-state index contributed by atoms with van der Waals surface area (Å²) in [5.41, 5.74) is 6.34. The SMILES string of the molecule is C/C=C1\NC(=O)[C@H](Cc2ccccc2)NC(=O)C(C(C)C)NC(=O)[C@@H]([C@@H](C)CC)NC(=O)[C@H](NC(=O)[C@H](NC(=O)[C@H](CCCN)NC(=O)[C@H]2CCCN2C(=O)[C@H](NC(=O)[C@@H](NC(=O)[C@@H](NC(=O)[C@H](NC(=O)CC[C@@H](C)CC)C(C)C)[C@@H](C)O)C(C)C)C(C)C)[C@@H](C)CC)[C@@H](C)OC(=O)[C@H](C(C)C)NC1=O.O=C(O)C(F)(F)F. The number of cyclic esters (lactones) is 1. The Morgan fingerprint density at radius 2 is 1.14 bits per heavy atom. The number of carbonyl (C=O) groups excluding carboxylic acids is 14. The van der Waals surface area contributed by atoms with Gasteiger partial charge in [0, 0.05) is 19.4 Å². The van der Waals surface area contributed by atoms with E-state index in [1.54, 1.807) is 127 Å². The quantitative estimate of drug-likeness (QED) is 0.0355. The monoisotopic (exact) mass is 1590 g/mol. The van der Waals surface area contributed by atoms with Gasteiger partial charge in [0.15, 0.2) is 0 Å². The van der Waals surface area contributed by atoms with E-state index in [9.17, 15) is 75.8 Å². The second-order valence-corrected chi connectivity index (χ2v) is 30.8. The first-order chi connectivity index (χ1) is 52.2. The summed E-state index contributed by atoms with van der Waals surface area (Å²) in [6, 6.07) is -7.67. The van der Waals surface area contributed by atoms with Crippen molar-refractivity contribution < 1.29 is 100 Å². The third-order valence-corrected chi connectivity index (χ3v) is 19.9. The van der Waals surface area contributed by atoms with Crippen molar-refractivity contribution in [2.24, 2.45) is 53.1 Å². The van der Waals surface area contributed by atoms with Crippen LogP contribution in [0.25, 0.3) is 0 Å². The summed E-state index contributed by atoms with van der Waals surface area (Å²) in [7, 11) is 0. The van der Waals surface area contributed by atoms with Gasteiger partial charge in [-0.15, -0.1) is 0 Å². The summed E-state index contributed by atoms with van der Waals surface area (Å²) >= 11 is 0. The van der Waals surface area contributed by atoms with E-state index in [1.165, 1.54) is 31.7 Å². The number of halogens is 3. The van der Waals surface area contributed by atoms with Crippen LogP contribution in [0.5, 0.6) is 0 Å². The number of nitrogens with zero attached hydrogens (tertiary/aromatic N) is 1. The highest BCUT2D eigenvalue weighted by Crippen LogP contribution is 2.24. The Morgan fingerprint density at radius 3 is 1.64 bits per heavy atom. The summed E-state index contributed by atoms with van der Waals surface area (Å²) in [6.07, 6.45) is -4.00. The van der Waals surface area contributed by atoms with E-state index in [-0.39, 0.29) is 69.1 Å². The van der Waals surface area contributed by atoms with E-state index in [1.807, 2.05) is 13.8 Å². The summed E-state index contributed by atoms with van der Waals surface area (Å²) in [6.45, 7) is 31.7. The van der Waals surface area contributed by atoms with Crippen LogP contribution in [0.1, 0.15) is 195 Å². The molecule has 2 aliphatic heterocycles. The molecule has 1 aromatic rings. The zero-order chi connectivity index (χ0) is 85.5. The first-order valence-corrected chi connectivity index (χ1v) is 38.8. The fraction of sp³-hybridized carbons (Fsp3) is 0.701. The largest absolute Gasteiger partial charge is 0.490 e. The lowest BCUT2D eigenvalue weighted by atomic mass is 9.95. The number of carboxylic acids is 1. The van der Waals surface area contributed by atoms with Crippen LogP contribution in [0.2, 0.25) is 0 Å². The van der Waals surface area contributed by atoms with Crippen molar-refractivity contribution in [3.63, 3.8) is 0 Å². The Kier molecular flexibility index (Phi) is 41.7. The molecule has 2 saturated heterocycles. The van der Waals surface area contributed by atoms with Gasteiger partial charge >= 0.3 is 18.1 Å². The molecule has 0 aliphatic carbocycles. The normalized spacial score (nSPS) is 22.1. The first-order valence-electron chi connectivity index (χ1n) is 38.8. The van der Waals surface area contributed by atoms with Gasteiger partial charge in [-0.25, -0.2) is 9.59 Å². The average Bonchev–Trinajstić information content (AvgIpc) is 1.46. The standard InChI is InChI=1S/C75H124N14O16.C2HF3O2/c1-20-43(15)33-34-53(91)80-54(38(5)6)68(97)87-61(46(18)90)72(101)82-56(40(9)10)69(98)83-57(41(11)12)74(103)89-36-28-32-52(89)66(95)78-50(31-27-35-76)64(93)85-59(44(16)21-2)71(100)88-62-47(19)105-75(104)58(42(13)14)84-63(92)49(23-4)77-65(94)51(37-48-29-25-24-26-30-48)79-67(96)55(39(7)8)81-70(99)60(45(17)22-3)86-73(62)102;3-2(4,5)1(6)7/h23-26,29-30,38-47,50-52,54-62,90H,20-22,27-28,31-37,76H2,1-19H3,(H,77,94)(H,78,95)(H,79,96)(H,80,91)(H,81,99)(H,82,101)(H,83,98)(H,84,92)(H,85,93)(H,86,102)(H,87,97)(H,88,100);(H,6,7)/b49-23-;/t43-,44-,45-,46+,47+,50-,51-,52+,54+,55?,56-,57+,58-,59+,60+,61-,62+;/m0./s1. The molecule has 2 heterocycles. The number of hydrogen-bond acceptors (Lipinski definition) is 18. The highest BCUT2D eigenvalue weighted by Gasteiger charge is 2.45. The van der Waals surface area contributed by atoms with Crippen molar-refractivity contribution in [3.05, 3.63) is 47.7 Å². The van der Waals surface area contributed by atoms with E-state index < -0.39 is 215 Å². The van der Waals surface area contributed by atoms with E-state index >= 15 is 9.59 Å². The molecule has 0 saturated carbocycles. The van der Waals surface area contributed by atoms with Crippen LogP contribution in [0.3, 0.4) is 0 Å². The number of hydrogen-bond donors (Lipinski definition) is 15. The van der Waals surface area contributed by atoms with Crippen LogP contribution >= 0.6 is 0 Å². The second kappa shape index (κ2) is 47.3. The number of aliphatic hydroxyl groups is 1. The van der Waals surface area contributed by atoms with Crippen LogP contribution in [0.15, 0.2) is 42.1 Å². The number of nitrogens with one attached hydrogen (secondary N) is 12. The predicted octanol–water partition coefficient (Wildman–Crippen LogP) is 2.47. The molecular formula is C77H125F3N14O18. The molecule has 1 aromatic carbocycles. The van der Waals surface area contributed by atoms with E-state index in [0.29, 0.717) is 24.8 Å². The fourth-order valence-electron chi connectivity index (χ4n) is 12.0. The Balaban J connectivity index is 0.00000578. The number of alkyl halides is 3. The number of amides is 13. The number of aliphatic carboxylic acids is 1. The molecule has 32 nitrogen and oxygen atoms in total. The molecule has 3 rings (SSSR count). The summed E-state index contributed by atoms with van der Waals surface area (Å²) in [4.78, 5) is 211. The minimum absolute atomic E-state index is 0.0355. The third-order valence-electron chi connectivity index (χ3n) is 19.9. The van der Waals surface area contributed by atoms with Crippen molar-refractivity contribution in [1.82, 2.24) is 68.7 Å². The molecule has 2 aliphatic rings. The van der Waals surface area contributed by atoms with Gasteiger partial charge in [-0.2, -0.15) is 13.2 Å². The zero-order valence-electron chi connectivity index (χ0n) is 68.2. The molecule has 0 bridgehead atoms. The molecule has 13 amide bonds. The molecule has 112 heavy (non-hydrogen) atoms. The van der Waals surface area contributed by atoms with Crippen LogP contribution in [-0.2, 0) is 83.1 Å². The molecule has 17 atom stereocenters. The number of carboxylic acid groups (broad SMARTS) is 1. The maximum Gasteiger partial charge on any atom is 0.490 e. The van der Waals surface area contributed by atoms with Crippen LogP contribution in [0.4, 0.5) is 13.2 Å². The minimum atomic E-state index is -5.08. The van der Waals surface area contributed by atoms with Gasteiger partial charge < -0.3 is 89.4 Å². The lowest BCUT2D eigenvalue weighted by molar-refractivity contribution is -0.192. The molecule has 35 heteroatoms. The topological polar surface area (TPSA) is 479 Å². The van der Waals surface area contributed by atoms with Crippen LogP contribution in [0, 0.1) is 47.3 Å². The Labute approximate surface area is 655 Å². The number of nitrogens with two attached hydrogens (primary N) is 1. The van der Waals surface area contributed by atoms with Crippen LogP contribution in [-0.4, -0.2) is 208 Å². The molecule has 632 valence electrons. The Morgan fingerprint density at radius 1 is 0.625 bits per heavy atom. The molecule has 16 N–H and O–H groups in total. The van der Waals surface area contributed by atoms with Crippen molar-refractivity contribution in [1.29, 1.82) is 0 Å². The highest BCUT2D eigenvalue weighted by molar-refractivity contribution is 6.03. The van der Waals surface area contributed by atoms with Gasteiger partial charge in [0.25, 0.3) is 5.91 Å². The number of aliphatic hydroxyl groups excluding tert-OH is 1. The molecule has 0 radical (unpaired) electrons. The van der Waals surface area contributed by atoms with Gasteiger partial charge in [-0.05, 0) is 112 Å². The number of benzene rings is 1. The number of carbonyl (C=O) groups is 15. The molecule has 0 aromatic heterocycles. The maximum absolute atomic E-state index is 15.0. The smallest absolute Gasteiger partial charge is 0.475 e. The Bertz CT molecular complexity index is 3390. The molecular weight excluding hydrogens is 1470 g/mol. The van der Waals surface area contributed by atoms with E-state index in [4.69, 9.17) is 20.4 Å². The number of likely N-dealkylation sites (tertiary alicyclic amines) is 1. The van der Waals surface area contributed by atoms with Gasteiger partial charge in [0.2, 0.25) is 70.9 Å². The lowest BCUT2D eigenvalue weighted by Crippen LogP contribution is -2.64. The van der Waals surface area contributed by atoms with Crippen LogP contribution < -0.4 is 69.5 Å². The minimum Gasteiger partial charge on any atom is -0.475 e.